The van der Waals surface area contributed by atoms with Gasteiger partial charge in [-0.05, 0) is 57.2 Å². The van der Waals surface area contributed by atoms with Crippen molar-refractivity contribution in [3.8, 4) is 17.2 Å². The Balaban J connectivity index is 1.67. The van der Waals surface area contributed by atoms with Gasteiger partial charge in [0.25, 0.3) is 0 Å². The van der Waals surface area contributed by atoms with Gasteiger partial charge in [0.2, 0.25) is 5.78 Å². The molecule has 32 heavy (non-hydrogen) atoms. The van der Waals surface area contributed by atoms with Crippen molar-refractivity contribution in [3.63, 3.8) is 0 Å². The normalized spacial score (nSPS) is 13.9. The SMILES string of the molecule is CCOC(=O)COc1ccc2c(c1C)OC(=Cc1cn(CC)c3ccc(OC)cc13)C2=O. The molecule has 1 aliphatic rings. The minimum Gasteiger partial charge on any atom is -0.497 e. The molecule has 166 valence electrons. The van der Waals surface area contributed by atoms with Crippen molar-refractivity contribution in [3.05, 3.63) is 59.0 Å². The van der Waals surface area contributed by atoms with Crippen LogP contribution in [0.15, 0.2) is 42.3 Å². The third-order valence-electron chi connectivity index (χ3n) is 5.43. The number of allylic oxidation sites excluding steroid dienone is 1. The fourth-order valence-electron chi connectivity index (χ4n) is 3.81. The number of nitrogens with zero attached hydrogens (tertiary/aromatic N) is 1. The topological polar surface area (TPSA) is 76.0 Å². The molecule has 0 bridgehead atoms. The van der Waals surface area contributed by atoms with Crippen LogP contribution in [0.4, 0.5) is 0 Å². The number of aryl methyl sites for hydroxylation is 1. The van der Waals surface area contributed by atoms with Crippen LogP contribution in [0.25, 0.3) is 17.0 Å². The molecular formula is C25H25NO6. The van der Waals surface area contributed by atoms with Gasteiger partial charge in [-0.25, -0.2) is 4.79 Å². The number of rotatable bonds is 7. The van der Waals surface area contributed by atoms with E-state index in [2.05, 4.69) is 11.5 Å². The second-order valence-corrected chi connectivity index (χ2v) is 7.35. The minimum absolute atomic E-state index is 0.194. The van der Waals surface area contributed by atoms with Crippen LogP contribution < -0.4 is 14.2 Å². The Morgan fingerprint density at radius 2 is 2.00 bits per heavy atom. The van der Waals surface area contributed by atoms with Crippen LogP contribution in [0.3, 0.4) is 0 Å². The zero-order chi connectivity index (χ0) is 22.8. The van der Waals surface area contributed by atoms with Crippen LogP contribution in [0.5, 0.6) is 17.2 Å². The maximum atomic E-state index is 13.0. The maximum Gasteiger partial charge on any atom is 0.344 e. The highest BCUT2D eigenvalue weighted by Gasteiger charge is 2.30. The predicted octanol–water partition coefficient (Wildman–Crippen LogP) is 4.54. The lowest BCUT2D eigenvalue weighted by molar-refractivity contribution is -0.145. The van der Waals surface area contributed by atoms with Crippen molar-refractivity contribution < 1.29 is 28.5 Å². The molecule has 1 aliphatic heterocycles. The fraction of sp³-hybridized carbons (Fsp3) is 0.280. The molecule has 0 atom stereocenters. The second-order valence-electron chi connectivity index (χ2n) is 7.35. The largest absolute Gasteiger partial charge is 0.497 e. The molecule has 2 aromatic carbocycles. The number of aromatic nitrogens is 1. The van der Waals surface area contributed by atoms with Gasteiger partial charge in [0.05, 0.1) is 19.3 Å². The number of ether oxygens (including phenoxy) is 4. The molecule has 7 heteroatoms. The zero-order valence-corrected chi connectivity index (χ0v) is 18.6. The summed E-state index contributed by atoms with van der Waals surface area (Å²) < 4.78 is 23.9. The van der Waals surface area contributed by atoms with Crippen LogP contribution in [-0.2, 0) is 16.1 Å². The maximum absolute atomic E-state index is 13.0. The summed E-state index contributed by atoms with van der Waals surface area (Å²) in [6, 6.07) is 9.20. The number of hydrogen-bond acceptors (Lipinski definition) is 6. The molecule has 0 fully saturated rings. The lowest BCUT2D eigenvalue weighted by Gasteiger charge is -2.10. The van der Waals surface area contributed by atoms with Gasteiger partial charge >= 0.3 is 5.97 Å². The first kappa shape index (κ1) is 21.5. The van der Waals surface area contributed by atoms with E-state index < -0.39 is 5.97 Å². The summed E-state index contributed by atoms with van der Waals surface area (Å²) in [7, 11) is 1.63. The molecule has 7 nitrogen and oxygen atoms in total. The zero-order valence-electron chi connectivity index (χ0n) is 18.6. The van der Waals surface area contributed by atoms with Gasteiger partial charge in [-0.2, -0.15) is 0 Å². The van der Waals surface area contributed by atoms with Gasteiger partial charge in [-0.3, -0.25) is 4.79 Å². The van der Waals surface area contributed by atoms with Crippen molar-refractivity contribution in [2.75, 3.05) is 20.3 Å². The number of benzene rings is 2. The van der Waals surface area contributed by atoms with Crippen molar-refractivity contribution in [2.24, 2.45) is 0 Å². The molecule has 0 amide bonds. The van der Waals surface area contributed by atoms with E-state index in [9.17, 15) is 9.59 Å². The predicted molar refractivity (Wildman–Crippen MR) is 120 cm³/mol. The Kier molecular flexibility index (Phi) is 5.90. The molecular weight excluding hydrogens is 410 g/mol. The Hall–Kier alpha value is -3.74. The summed E-state index contributed by atoms with van der Waals surface area (Å²) in [5, 5.41) is 0.973. The molecule has 4 rings (SSSR count). The number of esters is 1. The summed E-state index contributed by atoms with van der Waals surface area (Å²) in [6.45, 7) is 6.47. The van der Waals surface area contributed by atoms with E-state index >= 15 is 0 Å². The molecule has 1 aromatic heterocycles. The van der Waals surface area contributed by atoms with E-state index in [1.807, 2.05) is 24.4 Å². The Labute approximate surface area is 186 Å². The first-order valence-electron chi connectivity index (χ1n) is 10.5. The molecule has 0 aliphatic carbocycles. The summed E-state index contributed by atoms with van der Waals surface area (Å²) in [6.07, 6.45) is 3.76. The van der Waals surface area contributed by atoms with Crippen molar-refractivity contribution >= 4 is 28.7 Å². The van der Waals surface area contributed by atoms with Gasteiger partial charge in [-0.1, -0.05) is 0 Å². The van der Waals surface area contributed by atoms with E-state index in [1.165, 1.54) is 0 Å². The van der Waals surface area contributed by atoms with Crippen LogP contribution in [0.1, 0.15) is 35.3 Å². The minimum atomic E-state index is -0.451. The molecule has 0 unspecified atom stereocenters. The van der Waals surface area contributed by atoms with Gasteiger partial charge in [0, 0.05) is 34.8 Å². The average molecular weight is 435 g/mol. The monoisotopic (exact) mass is 435 g/mol. The van der Waals surface area contributed by atoms with Crippen molar-refractivity contribution in [1.29, 1.82) is 0 Å². The van der Waals surface area contributed by atoms with E-state index in [-0.39, 0.29) is 24.8 Å². The number of carbonyl (C=O) groups excluding carboxylic acids is 2. The number of Topliss-reactive ketones (excluding diaryl/α,β-unsaturated/α-hetero) is 1. The number of hydrogen-bond donors (Lipinski definition) is 0. The number of carbonyl (C=O) groups is 2. The highest BCUT2D eigenvalue weighted by molar-refractivity contribution is 6.15. The van der Waals surface area contributed by atoms with Crippen molar-refractivity contribution in [2.45, 2.75) is 27.3 Å². The van der Waals surface area contributed by atoms with Gasteiger partial charge in [0.15, 0.2) is 12.4 Å². The molecule has 0 saturated heterocycles. The highest BCUT2D eigenvalue weighted by atomic mass is 16.6. The van der Waals surface area contributed by atoms with Gasteiger partial charge in [-0.15, -0.1) is 0 Å². The summed E-state index contributed by atoms with van der Waals surface area (Å²) >= 11 is 0. The Morgan fingerprint density at radius 1 is 1.19 bits per heavy atom. The molecule has 0 radical (unpaired) electrons. The molecule has 2 heterocycles. The first-order chi connectivity index (χ1) is 15.5. The average Bonchev–Trinajstić information content (AvgIpc) is 3.31. The van der Waals surface area contributed by atoms with Gasteiger partial charge < -0.3 is 23.5 Å². The summed E-state index contributed by atoms with van der Waals surface area (Å²) in [5.41, 5.74) is 3.04. The third-order valence-corrected chi connectivity index (χ3v) is 5.43. The number of methoxy groups -OCH3 is 1. The van der Waals surface area contributed by atoms with E-state index in [0.29, 0.717) is 22.6 Å². The van der Waals surface area contributed by atoms with Crippen LogP contribution in [-0.4, -0.2) is 36.6 Å². The van der Waals surface area contributed by atoms with Crippen LogP contribution >= 0.6 is 0 Å². The molecule has 0 N–H and O–H groups in total. The second kappa shape index (κ2) is 8.78. The van der Waals surface area contributed by atoms with Crippen molar-refractivity contribution in [1.82, 2.24) is 4.57 Å². The number of ketones is 1. The standard InChI is InChI=1S/C25H25NO6/c1-5-26-13-16(19-12-17(29-4)7-9-20(19)26)11-22-24(28)18-8-10-21(15(3)25(18)32-22)31-14-23(27)30-6-2/h7-13H,5-6,14H2,1-4H3. The summed E-state index contributed by atoms with van der Waals surface area (Å²) in [5.74, 6) is 1.25. The van der Waals surface area contributed by atoms with Crippen LogP contribution in [0.2, 0.25) is 0 Å². The van der Waals surface area contributed by atoms with E-state index in [0.717, 1.165) is 28.8 Å². The smallest absolute Gasteiger partial charge is 0.344 e. The van der Waals surface area contributed by atoms with Gasteiger partial charge in [0.1, 0.15) is 17.2 Å². The molecule has 3 aromatic rings. The Bertz CT molecular complexity index is 1240. The van der Waals surface area contributed by atoms with Crippen LogP contribution in [0, 0.1) is 6.92 Å². The van der Waals surface area contributed by atoms with E-state index in [1.54, 1.807) is 39.2 Å². The highest BCUT2D eigenvalue weighted by Crippen LogP contribution is 2.40. The Morgan fingerprint density at radius 3 is 2.72 bits per heavy atom. The summed E-state index contributed by atoms with van der Waals surface area (Å²) in [4.78, 5) is 24.6. The third kappa shape index (κ3) is 3.82. The lowest BCUT2D eigenvalue weighted by Crippen LogP contribution is -2.15. The van der Waals surface area contributed by atoms with E-state index in [4.69, 9.17) is 18.9 Å². The lowest BCUT2D eigenvalue weighted by atomic mass is 10.1. The fourth-order valence-corrected chi connectivity index (χ4v) is 3.81. The quantitative estimate of drug-likeness (QED) is 0.401. The number of fused-ring (bicyclic) bond motifs is 2. The first-order valence-corrected chi connectivity index (χ1v) is 10.5. The molecule has 0 saturated carbocycles. The molecule has 0 spiro atoms.